The summed E-state index contributed by atoms with van der Waals surface area (Å²) < 4.78 is 19.3. The van der Waals surface area contributed by atoms with Crippen molar-refractivity contribution in [3.05, 3.63) is 114 Å². The maximum atomic E-state index is 13.9. The first-order valence-corrected chi connectivity index (χ1v) is 16.1. The molecule has 4 aromatic carbocycles. The molecule has 0 aliphatic heterocycles. The van der Waals surface area contributed by atoms with Crippen molar-refractivity contribution in [1.82, 2.24) is 9.66 Å². The third-order valence-electron chi connectivity index (χ3n) is 7.52. The lowest BCUT2D eigenvalue weighted by Gasteiger charge is -2.18. The first kappa shape index (κ1) is 33.7. The van der Waals surface area contributed by atoms with Gasteiger partial charge in [0.25, 0.3) is 5.56 Å². The Hall–Kier alpha value is -4.67. The van der Waals surface area contributed by atoms with E-state index in [9.17, 15) is 14.7 Å². The predicted octanol–water partition coefficient (Wildman–Crippen LogP) is 8.48. The number of carbonyl (C=O) groups is 1. The fraction of sp³-hybridized carbons (Fsp3) is 0.222. The number of methoxy groups -OCH3 is 1. The Bertz CT molecular complexity index is 2080. The number of ether oxygens (including phenoxy) is 3. The number of hydrogen-bond acceptors (Lipinski definition) is 7. The molecule has 0 fully saturated rings. The molecule has 0 spiro atoms. The summed E-state index contributed by atoms with van der Waals surface area (Å²) in [7, 11) is 1.64. The van der Waals surface area contributed by atoms with Crippen LogP contribution < -0.4 is 19.8 Å². The Balaban J connectivity index is 1.61. The van der Waals surface area contributed by atoms with E-state index in [0.717, 1.165) is 22.4 Å². The molecule has 0 saturated heterocycles. The molecule has 5 aromatic rings. The van der Waals surface area contributed by atoms with E-state index < -0.39 is 5.97 Å². The fourth-order valence-electron chi connectivity index (χ4n) is 5.14. The van der Waals surface area contributed by atoms with E-state index in [2.05, 4.69) is 34.9 Å². The van der Waals surface area contributed by atoms with Crippen molar-refractivity contribution in [2.24, 2.45) is 5.10 Å². The molecule has 9 nitrogen and oxygen atoms in total. The van der Waals surface area contributed by atoms with Crippen LogP contribution in [-0.2, 0) is 6.61 Å². The molecule has 1 heterocycles. The molecule has 0 aliphatic carbocycles. The zero-order valence-corrected chi connectivity index (χ0v) is 28.8. The number of rotatable bonds is 11. The van der Waals surface area contributed by atoms with Gasteiger partial charge in [-0.3, -0.25) is 4.79 Å². The van der Waals surface area contributed by atoms with E-state index in [0.29, 0.717) is 44.7 Å². The fourth-order valence-corrected chi connectivity index (χ4v) is 5.79. The standard InChI is InChI=1S/C36H33BrClN3O6/c1-6-46-30-16-24(31(37)32(38)33(30)47-19-22-10-9-11-23(15-22)36(43)44)18-39-41-34(40-28-13-8-7-12-25(28)35(41)42)27-17-26(20(2)3)29(45-5)14-21(27)4/h7-18,20H,6,19H2,1-5H3,(H,43,44). The van der Waals surface area contributed by atoms with Crippen LogP contribution in [0.1, 0.15) is 59.3 Å². The molecule has 0 radical (unpaired) electrons. The zero-order chi connectivity index (χ0) is 33.8. The Kier molecular flexibility index (Phi) is 10.3. The summed E-state index contributed by atoms with van der Waals surface area (Å²) in [6.45, 7) is 8.31. The molecule has 0 bridgehead atoms. The maximum Gasteiger partial charge on any atom is 0.335 e. The lowest BCUT2D eigenvalue weighted by molar-refractivity contribution is 0.0696. The van der Waals surface area contributed by atoms with E-state index in [-0.39, 0.29) is 34.4 Å². The second-order valence-corrected chi connectivity index (χ2v) is 12.2. The number of aromatic carboxylic acids is 1. The number of carboxylic acids is 1. The number of halogens is 2. The smallest absolute Gasteiger partial charge is 0.335 e. The molecule has 47 heavy (non-hydrogen) atoms. The van der Waals surface area contributed by atoms with Gasteiger partial charge >= 0.3 is 5.97 Å². The highest BCUT2D eigenvalue weighted by Crippen LogP contribution is 2.43. The van der Waals surface area contributed by atoms with Crippen molar-refractivity contribution in [3.8, 4) is 28.6 Å². The number of aryl methyl sites for hydroxylation is 1. The quantitative estimate of drug-likeness (QED) is 0.136. The summed E-state index contributed by atoms with van der Waals surface area (Å²) in [6.07, 6.45) is 1.52. The predicted molar refractivity (Wildman–Crippen MR) is 188 cm³/mol. The molecule has 11 heteroatoms. The Morgan fingerprint density at radius 2 is 1.85 bits per heavy atom. The molecular weight excluding hydrogens is 686 g/mol. The number of benzene rings is 4. The van der Waals surface area contributed by atoms with Gasteiger partial charge in [-0.25, -0.2) is 9.78 Å². The summed E-state index contributed by atoms with van der Waals surface area (Å²) in [5.74, 6) is 0.899. The summed E-state index contributed by atoms with van der Waals surface area (Å²) in [5.41, 5.74) is 4.14. The van der Waals surface area contributed by atoms with Gasteiger partial charge in [0.1, 0.15) is 17.4 Å². The molecule has 0 unspecified atom stereocenters. The zero-order valence-electron chi connectivity index (χ0n) is 26.5. The van der Waals surface area contributed by atoms with Crippen LogP contribution in [0, 0.1) is 6.92 Å². The molecule has 1 aromatic heterocycles. The summed E-state index contributed by atoms with van der Waals surface area (Å²) in [6, 6.07) is 19.3. The normalized spacial score (nSPS) is 11.4. The topological polar surface area (TPSA) is 112 Å². The van der Waals surface area contributed by atoms with Crippen LogP contribution in [0.25, 0.3) is 22.3 Å². The van der Waals surface area contributed by atoms with Crippen LogP contribution in [0.2, 0.25) is 5.02 Å². The van der Waals surface area contributed by atoms with Crippen LogP contribution in [0.5, 0.6) is 17.2 Å². The van der Waals surface area contributed by atoms with Crippen LogP contribution in [0.15, 0.2) is 81.1 Å². The molecule has 5 rings (SSSR count). The van der Waals surface area contributed by atoms with Gasteiger partial charge < -0.3 is 19.3 Å². The Morgan fingerprint density at radius 1 is 1.09 bits per heavy atom. The highest BCUT2D eigenvalue weighted by molar-refractivity contribution is 9.10. The van der Waals surface area contributed by atoms with Crippen molar-refractivity contribution < 1.29 is 24.1 Å². The number of aromatic nitrogens is 2. The van der Waals surface area contributed by atoms with Crippen molar-refractivity contribution in [3.63, 3.8) is 0 Å². The van der Waals surface area contributed by atoms with E-state index in [1.807, 2.05) is 32.0 Å². The van der Waals surface area contributed by atoms with E-state index in [1.54, 1.807) is 43.5 Å². The largest absolute Gasteiger partial charge is 0.496 e. The second kappa shape index (κ2) is 14.4. The van der Waals surface area contributed by atoms with Gasteiger partial charge in [0, 0.05) is 15.6 Å². The van der Waals surface area contributed by atoms with Gasteiger partial charge in [-0.1, -0.05) is 49.7 Å². The molecule has 0 amide bonds. The van der Waals surface area contributed by atoms with Crippen molar-refractivity contribution >= 4 is 50.6 Å². The van der Waals surface area contributed by atoms with Crippen LogP contribution in [0.4, 0.5) is 0 Å². The number of fused-ring (bicyclic) bond motifs is 1. The van der Waals surface area contributed by atoms with Gasteiger partial charge in [-0.05, 0) is 94.9 Å². The number of carboxylic acid groups (broad SMARTS) is 1. The van der Waals surface area contributed by atoms with Crippen LogP contribution >= 0.6 is 27.5 Å². The average molecular weight is 719 g/mol. The van der Waals surface area contributed by atoms with E-state index in [1.165, 1.54) is 23.0 Å². The summed E-state index contributed by atoms with van der Waals surface area (Å²) in [4.78, 5) is 30.2. The molecule has 0 saturated carbocycles. The SMILES string of the molecule is CCOc1cc(C=Nn2c(-c3cc(C(C)C)c(OC)cc3C)nc3ccccc3c2=O)c(Br)c(Cl)c1OCc1cccc(C(=O)O)c1. The lowest BCUT2D eigenvalue weighted by Crippen LogP contribution is -2.21. The third-order valence-corrected chi connectivity index (χ3v) is 8.96. The van der Waals surface area contributed by atoms with Crippen molar-refractivity contribution in [1.29, 1.82) is 0 Å². The lowest BCUT2D eigenvalue weighted by atomic mass is 9.96. The van der Waals surface area contributed by atoms with Gasteiger partial charge in [0.05, 0.1) is 36.4 Å². The first-order chi connectivity index (χ1) is 22.5. The van der Waals surface area contributed by atoms with E-state index >= 15 is 0 Å². The minimum absolute atomic E-state index is 0.0574. The molecule has 0 aliphatic rings. The molecule has 1 N–H and O–H groups in total. The Labute approximate surface area is 285 Å². The van der Waals surface area contributed by atoms with Crippen LogP contribution in [-0.4, -0.2) is 40.7 Å². The van der Waals surface area contributed by atoms with Gasteiger partial charge in [0.15, 0.2) is 17.3 Å². The minimum Gasteiger partial charge on any atom is -0.496 e. The van der Waals surface area contributed by atoms with E-state index in [4.69, 9.17) is 30.8 Å². The Morgan fingerprint density at radius 3 is 2.55 bits per heavy atom. The number of hydrogen-bond donors (Lipinski definition) is 1. The summed E-state index contributed by atoms with van der Waals surface area (Å²) >= 11 is 10.4. The maximum absolute atomic E-state index is 13.9. The summed E-state index contributed by atoms with van der Waals surface area (Å²) in [5, 5.41) is 14.6. The number of nitrogens with zero attached hydrogens (tertiary/aromatic N) is 3. The molecule has 0 atom stereocenters. The monoisotopic (exact) mass is 717 g/mol. The van der Waals surface area contributed by atoms with Crippen LogP contribution in [0.3, 0.4) is 0 Å². The van der Waals surface area contributed by atoms with Gasteiger partial charge in [0.2, 0.25) is 0 Å². The third kappa shape index (κ3) is 7.03. The van der Waals surface area contributed by atoms with Gasteiger partial charge in [-0.2, -0.15) is 9.78 Å². The first-order valence-electron chi connectivity index (χ1n) is 14.9. The minimum atomic E-state index is -1.03. The highest BCUT2D eigenvalue weighted by Gasteiger charge is 2.20. The highest BCUT2D eigenvalue weighted by atomic mass is 79.9. The number of para-hydroxylation sites is 1. The average Bonchev–Trinajstić information content (AvgIpc) is 3.06. The second-order valence-electron chi connectivity index (χ2n) is 11.0. The molecule has 242 valence electrons. The molecular formula is C36H33BrClN3O6. The van der Waals surface area contributed by atoms with Crippen molar-refractivity contribution in [2.45, 2.75) is 40.2 Å². The van der Waals surface area contributed by atoms with Crippen molar-refractivity contribution in [2.75, 3.05) is 13.7 Å². The van der Waals surface area contributed by atoms with Gasteiger partial charge in [-0.15, -0.1) is 0 Å².